The standard InChI is InChI=1S/C18H26N2O2S/c1-13-6-5-7-16(8-13)22-11-15(21)10-19-9-14-12-23-17(20-14)18(2,3)4/h5-8,12,15,19,21H,9-11H2,1-4H3. The molecule has 4 nitrogen and oxygen atoms in total. The van der Waals surface area contributed by atoms with E-state index in [1.165, 1.54) is 0 Å². The van der Waals surface area contributed by atoms with Gasteiger partial charge in [-0.15, -0.1) is 11.3 Å². The van der Waals surface area contributed by atoms with Crippen molar-refractivity contribution in [2.45, 2.75) is 45.8 Å². The largest absolute Gasteiger partial charge is 0.491 e. The summed E-state index contributed by atoms with van der Waals surface area (Å²) in [5, 5.41) is 16.4. The van der Waals surface area contributed by atoms with E-state index in [0.717, 1.165) is 22.0 Å². The lowest BCUT2D eigenvalue weighted by atomic mass is 9.98. The molecule has 0 radical (unpaired) electrons. The summed E-state index contributed by atoms with van der Waals surface area (Å²) < 4.78 is 5.60. The first-order valence-corrected chi connectivity index (χ1v) is 8.75. The predicted molar refractivity (Wildman–Crippen MR) is 95.2 cm³/mol. The number of nitrogens with one attached hydrogen (secondary N) is 1. The molecule has 1 heterocycles. The van der Waals surface area contributed by atoms with Crippen molar-refractivity contribution in [3.05, 3.63) is 45.9 Å². The van der Waals surface area contributed by atoms with Gasteiger partial charge in [0.05, 0.1) is 10.7 Å². The Morgan fingerprint density at radius 1 is 1.35 bits per heavy atom. The third-order valence-corrected chi connectivity index (χ3v) is 4.63. The lowest BCUT2D eigenvalue weighted by molar-refractivity contribution is 0.106. The maximum absolute atomic E-state index is 9.99. The van der Waals surface area contributed by atoms with Gasteiger partial charge >= 0.3 is 0 Å². The van der Waals surface area contributed by atoms with Crippen LogP contribution in [0.1, 0.15) is 37.0 Å². The molecule has 5 heteroatoms. The van der Waals surface area contributed by atoms with Gasteiger partial charge in [-0.1, -0.05) is 32.9 Å². The van der Waals surface area contributed by atoms with Crippen LogP contribution >= 0.6 is 11.3 Å². The molecule has 0 bridgehead atoms. The van der Waals surface area contributed by atoms with Gasteiger partial charge in [0.15, 0.2) is 0 Å². The first-order valence-electron chi connectivity index (χ1n) is 7.88. The maximum Gasteiger partial charge on any atom is 0.119 e. The molecule has 0 amide bonds. The minimum Gasteiger partial charge on any atom is -0.491 e. The number of rotatable bonds is 7. The lowest BCUT2D eigenvalue weighted by Gasteiger charge is -2.14. The molecule has 2 rings (SSSR count). The van der Waals surface area contributed by atoms with Crippen LogP contribution in [0.15, 0.2) is 29.6 Å². The van der Waals surface area contributed by atoms with Crippen LogP contribution in [0.2, 0.25) is 0 Å². The van der Waals surface area contributed by atoms with Crippen LogP contribution in [-0.4, -0.2) is 29.3 Å². The summed E-state index contributed by atoms with van der Waals surface area (Å²) in [6, 6.07) is 7.83. The second-order valence-electron chi connectivity index (χ2n) is 6.81. The van der Waals surface area contributed by atoms with Gasteiger partial charge in [-0.2, -0.15) is 0 Å². The Kier molecular flexibility index (Phi) is 6.16. The van der Waals surface area contributed by atoms with E-state index in [1.807, 2.05) is 31.2 Å². The normalized spacial score (nSPS) is 13.1. The van der Waals surface area contributed by atoms with Crippen molar-refractivity contribution in [3.63, 3.8) is 0 Å². The highest BCUT2D eigenvalue weighted by atomic mass is 32.1. The minimum absolute atomic E-state index is 0.0874. The van der Waals surface area contributed by atoms with E-state index in [9.17, 15) is 5.11 Å². The van der Waals surface area contributed by atoms with Crippen LogP contribution < -0.4 is 10.1 Å². The number of aryl methyl sites for hydroxylation is 1. The van der Waals surface area contributed by atoms with Crippen molar-refractivity contribution in [3.8, 4) is 5.75 Å². The Balaban J connectivity index is 1.70. The molecule has 1 aromatic heterocycles. The molecule has 1 aromatic carbocycles. The van der Waals surface area contributed by atoms with E-state index < -0.39 is 6.10 Å². The van der Waals surface area contributed by atoms with Crippen molar-refractivity contribution in [2.75, 3.05) is 13.2 Å². The van der Waals surface area contributed by atoms with Crippen molar-refractivity contribution in [1.82, 2.24) is 10.3 Å². The second-order valence-corrected chi connectivity index (χ2v) is 7.66. The molecule has 126 valence electrons. The fraction of sp³-hybridized carbons (Fsp3) is 0.500. The van der Waals surface area contributed by atoms with E-state index in [0.29, 0.717) is 13.1 Å². The molecule has 2 aromatic rings. The number of hydrogen-bond donors (Lipinski definition) is 2. The zero-order valence-corrected chi connectivity index (χ0v) is 15.1. The van der Waals surface area contributed by atoms with Crippen LogP contribution in [0, 0.1) is 6.92 Å². The Hall–Kier alpha value is -1.43. The summed E-state index contributed by atoms with van der Waals surface area (Å²) in [6.45, 7) is 9.92. The van der Waals surface area contributed by atoms with Gasteiger partial charge in [-0.3, -0.25) is 0 Å². The Morgan fingerprint density at radius 2 is 2.13 bits per heavy atom. The molecule has 2 N–H and O–H groups in total. The predicted octanol–water partition coefficient (Wildman–Crippen LogP) is 3.28. The first kappa shape index (κ1) is 17.9. The quantitative estimate of drug-likeness (QED) is 0.816. The molecular weight excluding hydrogens is 308 g/mol. The molecule has 0 aliphatic heterocycles. The summed E-state index contributed by atoms with van der Waals surface area (Å²) in [7, 11) is 0. The number of nitrogens with zero attached hydrogens (tertiary/aromatic N) is 1. The van der Waals surface area contributed by atoms with Gasteiger partial charge in [-0.05, 0) is 24.6 Å². The fourth-order valence-corrected chi connectivity index (χ4v) is 2.96. The van der Waals surface area contributed by atoms with Crippen LogP contribution in [-0.2, 0) is 12.0 Å². The molecule has 0 fully saturated rings. The average Bonchev–Trinajstić information content (AvgIpc) is 2.94. The maximum atomic E-state index is 9.99. The molecule has 0 saturated carbocycles. The van der Waals surface area contributed by atoms with Crippen LogP contribution in [0.4, 0.5) is 0 Å². The third-order valence-electron chi connectivity index (χ3n) is 3.31. The molecule has 23 heavy (non-hydrogen) atoms. The van der Waals surface area contributed by atoms with E-state index in [2.05, 4.69) is 36.5 Å². The van der Waals surface area contributed by atoms with Gasteiger partial charge in [0.25, 0.3) is 0 Å². The smallest absolute Gasteiger partial charge is 0.119 e. The number of hydrogen-bond acceptors (Lipinski definition) is 5. The number of benzene rings is 1. The number of aliphatic hydroxyl groups is 1. The van der Waals surface area contributed by atoms with Gasteiger partial charge in [0.2, 0.25) is 0 Å². The zero-order valence-electron chi connectivity index (χ0n) is 14.3. The van der Waals surface area contributed by atoms with E-state index >= 15 is 0 Å². The Bertz CT molecular complexity index is 619. The monoisotopic (exact) mass is 334 g/mol. The number of ether oxygens (including phenoxy) is 1. The zero-order chi connectivity index (χ0) is 16.9. The summed E-state index contributed by atoms with van der Waals surface area (Å²) in [5.74, 6) is 0.790. The third kappa shape index (κ3) is 5.94. The van der Waals surface area contributed by atoms with Crippen molar-refractivity contribution in [2.24, 2.45) is 0 Å². The highest BCUT2D eigenvalue weighted by molar-refractivity contribution is 7.09. The number of aliphatic hydroxyl groups excluding tert-OH is 1. The topological polar surface area (TPSA) is 54.4 Å². The summed E-state index contributed by atoms with van der Waals surface area (Å²) in [5.41, 5.74) is 2.25. The van der Waals surface area contributed by atoms with Gasteiger partial charge < -0.3 is 15.2 Å². The average molecular weight is 334 g/mol. The number of thiazole rings is 1. The van der Waals surface area contributed by atoms with Crippen molar-refractivity contribution >= 4 is 11.3 Å². The van der Waals surface area contributed by atoms with Gasteiger partial charge in [-0.25, -0.2) is 4.98 Å². The summed E-state index contributed by atoms with van der Waals surface area (Å²) in [6.07, 6.45) is -0.545. The molecule has 1 unspecified atom stereocenters. The van der Waals surface area contributed by atoms with Crippen LogP contribution in [0.3, 0.4) is 0 Å². The molecule has 0 saturated heterocycles. The summed E-state index contributed by atoms with van der Waals surface area (Å²) >= 11 is 1.69. The number of aromatic nitrogens is 1. The first-order chi connectivity index (χ1) is 10.8. The second kappa shape index (κ2) is 7.90. The van der Waals surface area contributed by atoms with Gasteiger partial charge in [0, 0.05) is 23.9 Å². The lowest BCUT2D eigenvalue weighted by Crippen LogP contribution is -2.31. The van der Waals surface area contributed by atoms with Crippen LogP contribution in [0.5, 0.6) is 5.75 Å². The van der Waals surface area contributed by atoms with E-state index in [1.54, 1.807) is 11.3 Å². The highest BCUT2D eigenvalue weighted by Crippen LogP contribution is 2.25. The molecule has 0 spiro atoms. The molecule has 0 aliphatic rings. The van der Waals surface area contributed by atoms with Crippen LogP contribution in [0.25, 0.3) is 0 Å². The Morgan fingerprint density at radius 3 is 2.78 bits per heavy atom. The van der Waals surface area contributed by atoms with Gasteiger partial charge in [0.1, 0.15) is 18.5 Å². The van der Waals surface area contributed by atoms with E-state index in [-0.39, 0.29) is 12.0 Å². The van der Waals surface area contributed by atoms with E-state index in [4.69, 9.17) is 4.74 Å². The minimum atomic E-state index is -0.545. The van der Waals surface area contributed by atoms with Crippen molar-refractivity contribution in [1.29, 1.82) is 0 Å². The van der Waals surface area contributed by atoms with Crippen molar-refractivity contribution < 1.29 is 9.84 Å². The fourth-order valence-electron chi connectivity index (χ4n) is 2.06. The molecule has 1 atom stereocenters. The molecular formula is C18H26N2O2S. The summed E-state index contributed by atoms with van der Waals surface area (Å²) in [4.78, 5) is 4.62. The molecule has 0 aliphatic carbocycles. The Labute approximate surface area is 142 Å². The SMILES string of the molecule is Cc1cccc(OCC(O)CNCc2csc(C(C)(C)C)n2)c1. The highest BCUT2D eigenvalue weighted by Gasteiger charge is 2.17.